The Labute approximate surface area is 120 Å². The molecule has 1 aliphatic carbocycles. The van der Waals surface area contributed by atoms with E-state index in [-0.39, 0.29) is 12.0 Å². The van der Waals surface area contributed by atoms with Crippen LogP contribution in [-0.4, -0.2) is 23.7 Å². The Balaban J connectivity index is 1.64. The van der Waals surface area contributed by atoms with Crippen LogP contribution in [-0.2, 0) is 11.2 Å². The molecular weight excluding hydrogens is 254 g/mol. The third-order valence-corrected chi connectivity index (χ3v) is 4.03. The van der Waals surface area contributed by atoms with Gasteiger partial charge in [-0.2, -0.15) is 0 Å². The fourth-order valence-corrected chi connectivity index (χ4v) is 2.35. The lowest BCUT2D eigenvalue weighted by Crippen LogP contribution is -2.27. The number of amides is 1. The van der Waals surface area contributed by atoms with E-state index in [1.165, 1.54) is 6.42 Å². The lowest BCUT2D eigenvalue weighted by atomic mass is 10.2. The van der Waals surface area contributed by atoms with Gasteiger partial charge in [-0.05, 0) is 37.3 Å². The highest BCUT2D eigenvalue weighted by Crippen LogP contribution is 2.47. The molecule has 0 spiro atoms. The summed E-state index contributed by atoms with van der Waals surface area (Å²) in [6.45, 7) is 4.70. The van der Waals surface area contributed by atoms with Gasteiger partial charge in [-0.15, -0.1) is 0 Å². The van der Waals surface area contributed by atoms with E-state index < -0.39 is 0 Å². The second kappa shape index (κ2) is 6.93. The highest BCUT2D eigenvalue weighted by Gasteiger charge is 2.36. The topological polar surface area (TPSA) is 62.5 Å². The highest BCUT2D eigenvalue weighted by molar-refractivity contribution is 5.76. The van der Waals surface area contributed by atoms with Crippen LogP contribution in [0.25, 0.3) is 0 Å². The molecule has 4 heteroatoms. The Morgan fingerprint density at radius 2 is 2.30 bits per heavy atom. The van der Waals surface area contributed by atoms with Gasteiger partial charge in [0.15, 0.2) is 0 Å². The minimum Gasteiger partial charge on any atom is -0.466 e. The molecule has 1 saturated carbocycles. The minimum absolute atomic E-state index is 0.0195. The van der Waals surface area contributed by atoms with Gasteiger partial charge in [0.2, 0.25) is 5.91 Å². The molecule has 2 N–H and O–H groups in total. The molecule has 0 saturated heterocycles. The van der Waals surface area contributed by atoms with E-state index in [1.54, 1.807) is 0 Å². The first-order valence-electron chi connectivity index (χ1n) is 7.63. The number of hydrogen-bond donors (Lipinski definition) is 2. The second-order valence-electron chi connectivity index (χ2n) is 5.82. The quantitative estimate of drug-likeness (QED) is 0.769. The van der Waals surface area contributed by atoms with E-state index in [1.807, 2.05) is 19.1 Å². The maximum Gasteiger partial charge on any atom is 0.220 e. The lowest BCUT2D eigenvalue weighted by Gasteiger charge is -2.08. The highest BCUT2D eigenvalue weighted by atomic mass is 16.3. The molecule has 112 valence electrons. The number of furan rings is 1. The molecule has 1 aromatic heterocycles. The van der Waals surface area contributed by atoms with E-state index in [2.05, 4.69) is 12.2 Å². The van der Waals surface area contributed by atoms with Crippen molar-refractivity contribution in [3.63, 3.8) is 0 Å². The van der Waals surface area contributed by atoms with Gasteiger partial charge < -0.3 is 14.8 Å². The number of hydrogen-bond acceptors (Lipinski definition) is 3. The van der Waals surface area contributed by atoms with E-state index in [4.69, 9.17) is 4.42 Å². The Morgan fingerprint density at radius 1 is 1.55 bits per heavy atom. The third-order valence-electron chi connectivity index (χ3n) is 4.03. The first-order valence-corrected chi connectivity index (χ1v) is 7.63. The molecule has 0 radical (unpaired) electrons. The average molecular weight is 279 g/mol. The zero-order chi connectivity index (χ0) is 14.5. The molecule has 0 bridgehead atoms. The standard InChI is InChI=1S/C16H25NO3/c1-3-12(18)8-9-17-16(19)7-5-13-4-6-15(20-13)14-10-11(14)2/h4,6,11-12,14,18H,3,5,7-10H2,1-2H3,(H,17,19). The number of rotatable bonds is 8. The van der Waals surface area contributed by atoms with Crippen molar-refractivity contribution in [2.45, 2.75) is 58.0 Å². The lowest BCUT2D eigenvalue weighted by molar-refractivity contribution is -0.121. The first-order chi connectivity index (χ1) is 9.60. The largest absolute Gasteiger partial charge is 0.466 e. The molecule has 3 atom stereocenters. The molecule has 2 rings (SSSR count). The van der Waals surface area contributed by atoms with Gasteiger partial charge in [-0.25, -0.2) is 0 Å². The van der Waals surface area contributed by atoms with Gasteiger partial charge in [0.25, 0.3) is 0 Å². The Hall–Kier alpha value is -1.29. The normalized spacial score (nSPS) is 22.6. The molecule has 0 aromatic carbocycles. The summed E-state index contributed by atoms with van der Waals surface area (Å²) < 4.78 is 5.77. The minimum atomic E-state index is -0.316. The van der Waals surface area contributed by atoms with Gasteiger partial charge >= 0.3 is 0 Å². The molecule has 20 heavy (non-hydrogen) atoms. The summed E-state index contributed by atoms with van der Waals surface area (Å²) in [4.78, 5) is 11.7. The molecule has 3 unspecified atom stereocenters. The van der Waals surface area contributed by atoms with Gasteiger partial charge in [0.05, 0.1) is 6.10 Å². The van der Waals surface area contributed by atoms with E-state index in [0.29, 0.717) is 31.7 Å². The molecule has 1 heterocycles. The van der Waals surface area contributed by atoms with Crippen LogP contribution in [0.5, 0.6) is 0 Å². The summed E-state index contributed by atoms with van der Waals surface area (Å²) in [5, 5.41) is 12.2. The van der Waals surface area contributed by atoms with Crippen LogP contribution < -0.4 is 5.32 Å². The molecule has 4 nitrogen and oxygen atoms in total. The number of nitrogens with one attached hydrogen (secondary N) is 1. The first kappa shape index (κ1) is 15.1. The smallest absolute Gasteiger partial charge is 0.220 e. The average Bonchev–Trinajstić information content (AvgIpc) is 2.99. The van der Waals surface area contributed by atoms with Crippen molar-refractivity contribution in [3.05, 3.63) is 23.7 Å². The molecule has 1 aromatic rings. The predicted octanol–water partition coefficient (Wildman–Crippen LogP) is 2.61. The Bertz CT molecular complexity index is 441. The van der Waals surface area contributed by atoms with Crippen molar-refractivity contribution in [1.29, 1.82) is 0 Å². The summed E-state index contributed by atoms with van der Waals surface area (Å²) >= 11 is 0. The zero-order valence-electron chi connectivity index (χ0n) is 12.4. The van der Waals surface area contributed by atoms with Crippen molar-refractivity contribution >= 4 is 5.91 Å². The number of carbonyl (C=O) groups excluding carboxylic acids is 1. The van der Waals surface area contributed by atoms with Crippen molar-refractivity contribution in [1.82, 2.24) is 5.32 Å². The van der Waals surface area contributed by atoms with Crippen LogP contribution in [0.1, 0.15) is 57.0 Å². The summed E-state index contributed by atoms with van der Waals surface area (Å²) in [7, 11) is 0. The SMILES string of the molecule is CCC(O)CCNC(=O)CCc1ccc(C2CC2C)o1. The van der Waals surface area contributed by atoms with Crippen LogP contribution in [0.3, 0.4) is 0 Å². The Morgan fingerprint density at radius 3 is 2.95 bits per heavy atom. The number of aliphatic hydroxyl groups excluding tert-OH is 1. The number of carbonyl (C=O) groups is 1. The van der Waals surface area contributed by atoms with Crippen LogP contribution in [0.15, 0.2) is 16.5 Å². The van der Waals surface area contributed by atoms with Gasteiger partial charge in [0.1, 0.15) is 11.5 Å². The van der Waals surface area contributed by atoms with Gasteiger partial charge in [-0.3, -0.25) is 4.79 Å². The monoisotopic (exact) mass is 279 g/mol. The van der Waals surface area contributed by atoms with Crippen LogP contribution in [0.2, 0.25) is 0 Å². The summed E-state index contributed by atoms with van der Waals surface area (Å²) in [6, 6.07) is 4.02. The van der Waals surface area contributed by atoms with Gasteiger partial charge in [0, 0.05) is 25.3 Å². The fraction of sp³-hybridized carbons (Fsp3) is 0.688. The second-order valence-corrected chi connectivity index (χ2v) is 5.82. The summed E-state index contributed by atoms with van der Waals surface area (Å²) in [6.07, 6.45) is 3.33. The van der Waals surface area contributed by atoms with E-state index in [9.17, 15) is 9.90 Å². The number of aryl methyl sites for hydroxylation is 1. The fourth-order valence-electron chi connectivity index (χ4n) is 2.35. The van der Waals surface area contributed by atoms with Crippen LogP contribution >= 0.6 is 0 Å². The van der Waals surface area contributed by atoms with E-state index >= 15 is 0 Å². The van der Waals surface area contributed by atoms with Crippen molar-refractivity contribution in [2.24, 2.45) is 5.92 Å². The molecule has 0 aliphatic heterocycles. The third kappa shape index (κ3) is 4.37. The Kier molecular flexibility index (Phi) is 5.24. The maximum absolute atomic E-state index is 11.7. The molecule has 1 amide bonds. The van der Waals surface area contributed by atoms with Crippen LogP contribution in [0, 0.1) is 5.92 Å². The van der Waals surface area contributed by atoms with Crippen molar-refractivity contribution in [3.8, 4) is 0 Å². The summed E-state index contributed by atoms with van der Waals surface area (Å²) in [5.74, 6) is 3.31. The summed E-state index contributed by atoms with van der Waals surface area (Å²) in [5.41, 5.74) is 0. The van der Waals surface area contributed by atoms with Crippen LogP contribution in [0.4, 0.5) is 0 Å². The molecule has 1 aliphatic rings. The maximum atomic E-state index is 11.7. The number of aliphatic hydroxyl groups is 1. The molecule has 1 fully saturated rings. The predicted molar refractivity (Wildman–Crippen MR) is 77.5 cm³/mol. The van der Waals surface area contributed by atoms with Gasteiger partial charge in [-0.1, -0.05) is 13.8 Å². The van der Waals surface area contributed by atoms with Crippen molar-refractivity contribution < 1.29 is 14.3 Å². The zero-order valence-corrected chi connectivity index (χ0v) is 12.4. The van der Waals surface area contributed by atoms with Crippen molar-refractivity contribution in [2.75, 3.05) is 6.54 Å². The van der Waals surface area contributed by atoms with E-state index in [0.717, 1.165) is 23.9 Å². The molecular formula is C16H25NO3.